The second-order valence-corrected chi connectivity index (χ2v) is 4.69. The Bertz CT molecular complexity index is 284. The number of carbonyl (C=O) groups excluding carboxylic acids is 1. The molecule has 1 amide bonds. The fraction of sp³-hybridized carbons (Fsp3) is 0.750. The number of hydrogen-bond acceptors (Lipinski definition) is 3. The molecule has 1 spiro atoms. The lowest BCUT2D eigenvalue weighted by Crippen LogP contribution is -2.59. The van der Waals surface area contributed by atoms with E-state index in [4.69, 9.17) is 9.47 Å². The Labute approximate surface area is 96.2 Å². The number of amides is 1. The Morgan fingerprint density at radius 3 is 3.06 bits per heavy atom. The van der Waals surface area contributed by atoms with Gasteiger partial charge in [0.25, 0.3) is 0 Å². The van der Waals surface area contributed by atoms with E-state index in [1.807, 2.05) is 11.8 Å². The van der Waals surface area contributed by atoms with Gasteiger partial charge in [-0.05, 0) is 25.8 Å². The Hall–Kier alpha value is -0.870. The van der Waals surface area contributed by atoms with E-state index in [2.05, 4.69) is 6.58 Å². The molecular weight excluding hydrogens is 206 g/mol. The molecule has 0 aromatic rings. The van der Waals surface area contributed by atoms with E-state index >= 15 is 0 Å². The predicted molar refractivity (Wildman–Crippen MR) is 60.1 cm³/mol. The minimum absolute atomic E-state index is 0.0138. The fourth-order valence-electron chi connectivity index (χ4n) is 2.57. The van der Waals surface area contributed by atoms with E-state index in [1.165, 1.54) is 6.08 Å². The van der Waals surface area contributed by atoms with Crippen LogP contribution in [0.5, 0.6) is 0 Å². The molecule has 0 aromatic heterocycles. The Morgan fingerprint density at radius 2 is 2.44 bits per heavy atom. The first-order chi connectivity index (χ1) is 7.65. The maximum atomic E-state index is 11.6. The highest BCUT2D eigenvalue weighted by atomic mass is 16.6. The zero-order valence-corrected chi connectivity index (χ0v) is 9.78. The van der Waals surface area contributed by atoms with Crippen molar-refractivity contribution < 1.29 is 14.3 Å². The number of rotatable bonds is 1. The molecule has 2 heterocycles. The number of hydrogen-bond donors (Lipinski definition) is 0. The zero-order chi connectivity index (χ0) is 11.6. The van der Waals surface area contributed by atoms with Crippen molar-refractivity contribution in [1.29, 1.82) is 0 Å². The minimum atomic E-state index is -0.283. The van der Waals surface area contributed by atoms with Gasteiger partial charge in [-0.1, -0.05) is 6.58 Å². The second kappa shape index (κ2) is 4.55. The van der Waals surface area contributed by atoms with Gasteiger partial charge in [-0.15, -0.1) is 0 Å². The topological polar surface area (TPSA) is 38.8 Å². The molecule has 2 aliphatic rings. The molecule has 0 aliphatic carbocycles. The molecule has 2 atom stereocenters. The molecule has 4 nitrogen and oxygen atoms in total. The zero-order valence-electron chi connectivity index (χ0n) is 9.78. The normalized spacial score (nSPS) is 35.1. The summed E-state index contributed by atoms with van der Waals surface area (Å²) >= 11 is 0. The summed E-state index contributed by atoms with van der Waals surface area (Å²) in [4.78, 5) is 13.5. The van der Waals surface area contributed by atoms with Gasteiger partial charge in [-0.25, -0.2) is 0 Å². The lowest BCUT2D eigenvalue weighted by molar-refractivity contribution is -0.197. The van der Waals surface area contributed by atoms with E-state index in [-0.39, 0.29) is 17.6 Å². The average molecular weight is 225 g/mol. The first kappa shape index (κ1) is 11.6. The van der Waals surface area contributed by atoms with E-state index < -0.39 is 0 Å². The second-order valence-electron chi connectivity index (χ2n) is 4.69. The van der Waals surface area contributed by atoms with Crippen LogP contribution in [0.15, 0.2) is 12.7 Å². The lowest BCUT2D eigenvalue weighted by Gasteiger charge is -2.46. The standard InChI is InChI=1S/C12H19NO3/c1-3-11(14)13-7-10(2)16-12(8-13)5-4-6-15-9-12/h3,10H,1,4-9H2,2H3. The third-order valence-corrected chi connectivity index (χ3v) is 3.18. The quantitative estimate of drug-likeness (QED) is 0.624. The molecule has 2 fully saturated rings. The molecule has 4 heteroatoms. The van der Waals surface area contributed by atoms with Crippen molar-refractivity contribution in [3.05, 3.63) is 12.7 Å². The highest BCUT2D eigenvalue weighted by Crippen LogP contribution is 2.30. The highest BCUT2D eigenvalue weighted by Gasteiger charge is 2.42. The summed E-state index contributed by atoms with van der Waals surface area (Å²) in [5.41, 5.74) is -0.283. The third kappa shape index (κ3) is 2.28. The molecule has 0 saturated carbocycles. The van der Waals surface area contributed by atoms with Crippen LogP contribution in [0, 0.1) is 0 Å². The van der Waals surface area contributed by atoms with Crippen LogP contribution in [-0.4, -0.2) is 48.8 Å². The minimum Gasteiger partial charge on any atom is -0.378 e. The summed E-state index contributed by atoms with van der Waals surface area (Å²) in [6.07, 6.45) is 3.41. The summed E-state index contributed by atoms with van der Waals surface area (Å²) in [7, 11) is 0. The number of morpholine rings is 1. The largest absolute Gasteiger partial charge is 0.378 e. The summed E-state index contributed by atoms with van der Waals surface area (Å²) in [6.45, 7) is 8.20. The maximum Gasteiger partial charge on any atom is 0.246 e. The molecule has 0 N–H and O–H groups in total. The molecule has 2 saturated heterocycles. The van der Waals surface area contributed by atoms with Gasteiger partial charge < -0.3 is 14.4 Å². The van der Waals surface area contributed by atoms with E-state index in [0.29, 0.717) is 19.7 Å². The smallest absolute Gasteiger partial charge is 0.246 e. The molecule has 2 rings (SSSR count). The van der Waals surface area contributed by atoms with Gasteiger partial charge in [-0.2, -0.15) is 0 Å². The molecule has 0 aromatic carbocycles. The van der Waals surface area contributed by atoms with Crippen LogP contribution in [-0.2, 0) is 14.3 Å². The third-order valence-electron chi connectivity index (χ3n) is 3.18. The Kier molecular flexibility index (Phi) is 3.30. The lowest BCUT2D eigenvalue weighted by atomic mass is 9.93. The SMILES string of the molecule is C=CC(=O)N1CC(C)OC2(CCCOC2)C1. The van der Waals surface area contributed by atoms with Gasteiger partial charge in [0.05, 0.1) is 19.3 Å². The average Bonchev–Trinajstić information content (AvgIpc) is 2.28. The van der Waals surface area contributed by atoms with Crippen LogP contribution in [0.3, 0.4) is 0 Å². The van der Waals surface area contributed by atoms with Gasteiger partial charge in [0.2, 0.25) is 5.91 Å². The van der Waals surface area contributed by atoms with Gasteiger partial charge in [0.15, 0.2) is 0 Å². The first-order valence-corrected chi connectivity index (χ1v) is 5.82. The van der Waals surface area contributed by atoms with Gasteiger partial charge in [0, 0.05) is 13.2 Å². The number of nitrogens with zero attached hydrogens (tertiary/aromatic N) is 1. The molecule has 2 unspecified atom stereocenters. The van der Waals surface area contributed by atoms with Crippen molar-refractivity contribution in [3.8, 4) is 0 Å². The van der Waals surface area contributed by atoms with Crippen molar-refractivity contribution in [1.82, 2.24) is 4.90 Å². The number of carbonyl (C=O) groups is 1. The van der Waals surface area contributed by atoms with E-state index in [1.54, 1.807) is 0 Å². The predicted octanol–water partition coefficient (Wildman–Crippen LogP) is 0.969. The van der Waals surface area contributed by atoms with Crippen LogP contribution < -0.4 is 0 Å². The number of ether oxygens (including phenoxy) is 2. The van der Waals surface area contributed by atoms with E-state index in [9.17, 15) is 4.79 Å². The van der Waals surface area contributed by atoms with Gasteiger partial charge in [-0.3, -0.25) is 4.79 Å². The van der Waals surface area contributed by atoms with E-state index in [0.717, 1.165) is 19.4 Å². The van der Waals surface area contributed by atoms with Crippen molar-refractivity contribution in [3.63, 3.8) is 0 Å². The summed E-state index contributed by atoms with van der Waals surface area (Å²) in [6, 6.07) is 0. The highest BCUT2D eigenvalue weighted by molar-refractivity contribution is 5.87. The van der Waals surface area contributed by atoms with Gasteiger partial charge in [0.1, 0.15) is 5.60 Å². The van der Waals surface area contributed by atoms with Crippen LogP contribution in [0.4, 0.5) is 0 Å². The van der Waals surface area contributed by atoms with Crippen molar-refractivity contribution >= 4 is 5.91 Å². The maximum absolute atomic E-state index is 11.6. The monoisotopic (exact) mass is 225 g/mol. The van der Waals surface area contributed by atoms with Crippen LogP contribution in [0.1, 0.15) is 19.8 Å². The summed E-state index contributed by atoms with van der Waals surface area (Å²) in [5.74, 6) is -0.0138. The van der Waals surface area contributed by atoms with Crippen molar-refractivity contribution in [2.24, 2.45) is 0 Å². The molecule has 90 valence electrons. The van der Waals surface area contributed by atoms with Crippen LogP contribution >= 0.6 is 0 Å². The fourth-order valence-corrected chi connectivity index (χ4v) is 2.57. The van der Waals surface area contributed by atoms with Crippen LogP contribution in [0.25, 0.3) is 0 Å². The molecular formula is C12H19NO3. The summed E-state index contributed by atoms with van der Waals surface area (Å²) in [5, 5.41) is 0. The molecule has 0 bridgehead atoms. The molecule has 0 radical (unpaired) electrons. The summed E-state index contributed by atoms with van der Waals surface area (Å²) < 4.78 is 11.5. The Morgan fingerprint density at radius 1 is 1.62 bits per heavy atom. The molecule has 2 aliphatic heterocycles. The van der Waals surface area contributed by atoms with Crippen molar-refractivity contribution in [2.75, 3.05) is 26.3 Å². The van der Waals surface area contributed by atoms with Crippen LogP contribution in [0.2, 0.25) is 0 Å². The molecule has 16 heavy (non-hydrogen) atoms. The first-order valence-electron chi connectivity index (χ1n) is 5.82. The van der Waals surface area contributed by atoms with Crippen molar-refractivity contribution in [2.45, 2.75) is 31.5 Å². The Balaban J connectivity index is 2.09. The van der Waals surface area contributed by atoms with Gasteiger partial charge >= 0.3 is 0 Å².